The van der Waals surface area contributed by atoms with Crippen LogP contribution in [-0.2, 0) is 40.9 Å². The number of hydrogen-bond acceptors (Lipinski definition) is 4. The highest BCUT2D eigenvalue weighted by atomic mass is 16.5. The van der Waals surface area contributed by atoms with Crippen molar-refractivity contribution in [3.63, 3.8) is 0 Å². The van der Waals surface area contributed by atoms with Crippen molar-refractivity contribution in [1.29, 1.82) is 0 Å². The SMILES string of the molecule is CCc1ccc(N(c2ccc(CC)cc2)c2ccc3c(c2)C(C)(C)c2cc(N(c4ccc(COC)cc4)c4ccc(COC)cc4)ccc2-3)cc1. The Kier molecular flexibility index (Phi) is 9.82. The van der Waals surface area contributed by atoms with Crippen LogP contribution in [0, 0.1) is 0 Å². The third-order valence-electron chi connectivity index (χ3n) is 10.4. The highest BCUT2D eigenvalue weighted by molar-refractivity contribution is 5.88. The van der Waals surface area contributed by atoms with Crippen molar-refractivity contribution >= 4 is 34.1 Å². The van der Waals surface area contributed by atoms with Crippen molar-refractivity contribution in [2.75, 3.05) is 24.0 Å². The first kappa shape index (κ1) is 34.3. The number of anilines is 6. The number of ether oxygens (including phenoxy) is 2. The number of rotatable bonds is 12. The number of methoxy groups -OCH3 is 2. The minimum atomic E-state index is -0.212. The average molecular weight is 673 g/mol. The Morgan fingerprint density at radius 1 is 0.412 bits per heavy atom. The molecular formula is C47H48N2O2. The molecule has 6 aromatic carbocycles. The quantitative estimate of drug-likeness (QED) is 0.129. The molecule has 0 heterocycles. The fraction of sp³-hybridized carbons (Fsp3) is 0.234. The summed E-state index contributed by atoms with van der Waals surface area (Å²) in [6.45, 7) is 10.3. The van der Waals surface area contributed by atoms with Crippen LogP contribution in [-0.4, -0.2) is 14.2 Å². The zero-order valence-corrected chi connectivity index (χ0v) is 30.7. The molecule has 6 aromatic rings. The molecule has 0 saturated carbocycles. The molecule has 258 valence electrons. The minimum absolute atomic E-state index is 0.212. The van der Waals surface area contributed by atoms with Gasteiger partial charge in [0.1, 0.15) is 0 Å². The normalized spacial score (nSPS) is 12.7. The van der Waals surface area contributed by atoms with Gasteiger partial charge in [-0.15, -0.1) is 0 Å². The lowest BCUT2D eigenvalue weighted by molar-refractivity contribution is 0.185. The molecular weight excluding hydrogens is 625 g/mol. The van der Waals surface area contributed by atoms with Crippen molar-refractivity contribution < 1.29 is 9.47 Å². The Bertz CT molecular complexity index is 2000. The van der Waals surface area contributed by atoms with Gasteiger partial charge < -0.3 is 19.3 Å². The molecule has 51 heavy (non-hydrogen) atoms. The second-order valence-corrected chi connectivity index (χ2v) is 14.0. The van der Waals surface area contributed by atoms with E-state index in [2.05, 4.69) is 171 Å². The van der Waals surface area contributed by atoms with Crippen LogP contribution in [0.15, 0.2) is 133 Å². The maximum atomic E-state index is 5.40. The standard InChI is InChI=1S/C47H48N2O2/c1-7-33-9-17-37(18-10-33)48(38-19-11-34(8-2)12-20-38)41-25-27-43-44-28-26-42(30-46(44)47(3,4)45(43)29-41)49(39-21-13-35(14-22-39)31-50-5)40-23-15-36(16-24-40)32-51-6/h9-30H,7-8,31-32H2,1-6H3. The van der Waals surface area contributed by atoms with Gasteiger partial charge in [-0.05, 0) is 130 Å². The summed E-state index contributed by atoms with van der Waals surface area (Å²) in [7, 11) is 3.47. The van der Waals surface area contributed by atoms with Gasteiger partial charge in [-0.2, -0.15) is 0 Å². The van der Waals surface area contributed by atoms with Crippen LogP contribution in [0.5, 0.6) is 0 Å². The first-order chi connectivity index (χ1) is 24.8. The zero-order valence-electron chi connectivity index (χ0n) is 30.7. The van der Waals surface area contributed by atoms with Crippen LogP contribution in [0.3, 0.4) is 0 Å². The van der Waals surface area contributed by atoms with E-state index < -0.39 is 0 Å². The molecule has 0 bridgehead atoms. The number of fused-ring (bicyclic) bond motifs is 3. The molecule has 0 amide bonds. The van der Waals surface area contributed by atoms with Gasteiger partial charge in [-0.3, -0.25) is 0 Å². The van der Waals surface area contributed by atoms with E-state index in [0.29, 0.717) is 13.2 Å². The van der Waals surface area contributed by atoms with E-state index in [-0.39, 0.29) is 5.41 Å². The third kappa shape index (κ3) is 6.70. The van der Waals surface area contributed by atoms with E-state index in [1.807, 2.05) is 0 Å². The highest BCUT2D eigenvalue weighted by Crippen LogP contribution is 2.52. The number of aryl methyl sites for hydroxylation is 2. The number of nitrogens with zero attached hydrogens (tertiary/aromatic N) is 2. The van der Waals surface area contributed by atoms with Gasteiger partial charge in [0.25, 0.3) is 0 Å². The number of hydrogen-bond donors (Lipinski definition) is 0. The van der Waals surface area contributed by atoms with E-state index in [1.165, 1.54) is 33.4 Å². The summed E-state index contributed by atoms with van der Waals surface area (Å²) >= 11 is 0. The third-order valence-corrected chi connectivity index (χ3v) is 10.4. The zero-order chi connectivity index (χ0) is 35.5. The van der Waals surface area contributed by atoms with E-state index in [9.17, 15) is 0 Å². The summed E-state index contributed by atoms with van der Waals surface area (Å²) in [5.41, 5.74) is 16.8. The van der Waals surface area contributed by atoms with Gasteiger partial charge >= 0.3 is 0 Å². The fourth-order valence-electron chi connectivity index (χ4n) is 7.46. The van der Waals surface area contributed by atoms with Crippen molar-refractivity contribution in [3.8, 4) is 11.1 Å². The summed E-state index contributed by atoms with van der Waals surface area (Å²) in [4.78, 5) is 4.74. The Morgan fingerprint density at radius 2 is 0.706 bits per heavy atom. The van der Waals surface area contributed by atoms with Crippen LogP contribution < -0.4 is 9.80 Å². The molecule has 0 aliphatic heterocycles. The Labute approximate surface area is 303 Å². The largest absolute Gasteiger partial charge is 0.380 e. The van der Waals surface area contributed by atoms with E-state index in [4.69, 9.17) is 9.47 Å². The lowest BCUT2D eigenvalue weighted by atomic mass is 9.82. The van der Waals surface area contributed by atoms with Crippen LogP contribution in [0.2, 0.25) is 0 Å². The maximum Gasteiger partial charge on any atom is 0.0713 e. The van der Waals surface area contributed by atoms with Gasteiger partial charge in [0, 0.05) is 53.8 Å². The van der Waals surface area contributed by atoms with Gasteiger partial charge in [-0.1, -0.05) is 88.4 Å². The molecule has 0 aromatic heterocycles. The van der Waals surface area contributed by atoms with E-state index in [1.54, 1.807) is 14.2 Å². The van der Waals surface area contributed by atoms with E-state index >= 15 is 0 Å². The monoisotopic (exact) mass is 672 g/mol. The molecule has 0 N–H and O–H groups in total. The highest BCUT2D eigenvalue weighted by Gasteiger charge is 2.37. The fourth-order valence-corrected chi connectivity index (χ4v) is 7.46. The second-order valence-electron chi connectivity index (χ2n) is 14.0. The lowest BCUT2D eigenvalue weighted by Crippen LogP contribution is -2.17. The molecule has 0 unspecified atom stereocenters. The van der Waals surface area contributed by atoms with Crippen molar-refractivity contribution in [2.45, 2.75) is 59.2 Å². The molecule has 0 saturated heterocycles. The summed E-state index contributed by atoms with van der Waals surface area (Å²) in [6.07, 6.45) is 2.04. The van der Waals surface area contributed by atoms with Crippen LogP contribution in [0.25, 0.3) is 11.1 Å². The number of benzene rings is 6. The molecule has 4 heteroatoms. The smallest absolute Gasteiger partial charge is 0.0713 e. The van der Waals surface area contributed by atoms with Crippen molar-refractivity contribution in [3.05, 3.63) is 167 Å². The second kappa shape index (κ2) is 14.6. The van der Waals surface area contributed by atoms with Gasteiger partial charge in [0.2, 0.25) is 0 Å². The molecule has 0 fully saturated rings. The minimum Gasteiger partial charge on any atom is -0.380 e. The average Bonchev–Trinajstić information content (AvgIpc) is 3.39. The molecule has 7 rings (SSSR count). The summed E-state index contributed by atoms with van der Waals surface area (Å²) < 4.78 is 10.8. The van der Waals surface area contributed by atoms with Crippen molar-refractivity contribution in [2.24, 2.45) is 0 Å². The molecule has 1 aliphatic rings. The Balaban J connectivity index is 1.30. The van der Waals surface area contributed by atoms with Gasteiger partial charge in [-0.25, -0.2) is 0 Å². The van der Waals surface area contributed by atoms with Gasteiger partial charge in [0.15, 0.2) is 0 Å². The molecule has 1 aliphatic carbocycles. The molecule has 0 atom stereocenters. The first-order valence-electron chi connectivity index (χ1n) is 18.1. The lowest BCUT2D eigenvalue weighted by Gasteiger charge is -2.29. The summed E-state index contributed by atoms with van der Waals surface area (Å²) in [6, 6.07) is 49.4. The predicted octanol–water partition coefficient (Wildman–Crippen LogP) is 12.4. The Hall–Kier alpha value is -5.16. The van der Waals surface area contributed by atoms with Crippen molar-refractivity contribution in [1.82, 2.24) is 0 Å². The summed E-state index contributed by atoms with van der Waals surface area (Å²) in [5, 5.41) is 0. The van der Waals surface area contributed by atoms with E-state index in [0.717, 1.165) is 58.1 Å². The molecule has 0 spiro atoms. The predicted molar refractivity (Wildman–Crippen MR) is 214 cm³/mol. The molecule has 0 radical (unpaired) electrons. The van der Waals surface area contributed by atoms with Crippen LogP contribution in [0.4, 0.5) is 34.1 Å². The molecule has 4 nitrogen and oxygen atoms in total. The van der Waals surface area contributed by atoms with Crippen LogP contribution >= 0.6 is 0 Å². The topological polar surface area (TPSA) is 24.9 Å². The maximum absolute atomic E-state index is 5.40. The Morgan fingerprint density at radius 3 is 1.00 bits per heavy atom. The van der Waals surface area contributed by atoms with Gasteiger partial charge in [0.05, 0.1) is 13.2 Å². The first-order valence-corrected chi connectivity index (χ1v) is 18.1. The van der Waals surface area contributed by atoms with Crippen LogP contribution in [0.1, 0.15) is 61.1 Å². The summed E-state index contributed by atoms with van der Waals surface area (Å²) in [5.74, 6) is 0.